The number of benzene rings is 1. The van der Waals surface area contributed by atoms with E-state index >= 15 is 0 Å². The maximum absolute atomic E-state index is 12.5. The van der Waals surface area contributed by atoms with Crippen LogP contribution in [0.5, 0.6) is 0 Å². The standard InChI is InChI=1S/C19H22N4O2S.ClH/c20-10-12-23(11-8-15-4-2-1-3-5-15)18(24)7-6-17-21-19(22-25-17)16-9-13-26-14-16;/h1-5,9,13-14H,6-8,10-12,20H2;1H. The number of nitrogens with zero attached hydrogens (tertiary/aromatic N) is 3. The number of aromatic nitrogens is 2. The van der Waals surface area contributed by atoms with Crippen LogP contribution in [0.2, 0.25) is 0 Å². The molecule has 0 fully saturated rings. The highest BCUT2D eigenvalue weighted by Crippen LogP contribution is 2.19. The van der Waals surface area contributed by atoms with Crippen molar-refractivity contribution in [1.82, 2.24) is 15.0 Å². The Bertz CT molecular complexity index is 808. The largest absolute Gasteiger partial charge is 0.341 e. The van der Waals surface area contributed by atoms with Gasteiger partial charge in [-0.2, -0.15) is 16.3 Å². The Labute approximate surface area is 168 Å². The Morgan fingerprint density at radius 2 is 1.96 bits per heavy atom. The Kier molecular flexibility index (Phi) is 8.44. The van der Waals surface area contributed by atoms with Gasteiger partial charge in [-0.25, -0.2) is 0 Å². The summed E-state index contributed by atoms with van der Waals surface area (Å²) in [5, 5.41) is 7.90. The van der Waals surface area contributed by atoms with E-state index in [9.17, 15) is 4.79 Å². The highest BCUT2D eigenvalue weighted by Gasteiger charge is 2.15. The third-order valence-electron chi connectivity index (χ3n) is 4.07. The van der Waals surface area contributed by atoms with Crippen LogP contribution in [0.1, 0.15) is 17.9 Å². The number of rotatable bonds is 9. The summed E-state index contributed by atoms with van der Waals surface area (Å²) in [6.45, 7) is 1.66. The average Bonchev–Trinajstić information content (AvgIpc) is 3.35. The smallest absolute Gasteiger partial charge is 0.227 e. The van der Waals surface area contributed by atoms with Gasteiger partial charge in [-0.1, -0.05) is 35.5 Å². The zero-order valence-electron chi connectivity index (χ0n) is 14.9. The molecule has 0 aliphatic heterocycles. The average molecular weight is 407 g/mol. The second-order valence-electron chi connectivity index (χ2n) is 5.93. The van der Waals surface area contributed by atoms with Crippen molar-refractivity contribution in [2.45, 2.75) is 19.3 Å². The molecule has 8 heteroatoms. The van der Waals surface area contributed by atoms with Crippen molar-refractivity contribution in [3.63, 3.8) is 0 Å². The molecule has 6 nitrogen and oxygen atoms in total. The minimum atomic E-state index is 0. The van der Waals surface area contributed by atoms with Gasteiger partial charge in [0.25, 0.3) is 0 Å². The van der Waals surface area contributed by atoms with Crippen LogP contribution < -0.4 is 5.73 Å². The first-order valence-electron chi connectivity index (χ1n) is 8.63. The van der Waals surface area contributed by atoms with Crippen LogP contribution in [-0.2, 0) is 17.6 Å². The fourth-order valence-electron chi connectivity index (χ4n) is 2.66. The molecule has 0 radical (unpaired) electrons. The van der Waals surface area contributed by atoms with Gasteiger partial charge >= 0.3 is 0 Å². The molecule has 2 aromatic heterocycles. The third-order valence-corrected chi connectivity index (χ3v) is 4.75. The molecular weight excluding hydrogens is 384 g/mol. The third kappa shape index (κ3) is 6.16. The molecule has 144 valence electrons. The molecule has 2 N–H and O–H groups in total. The zero-order valence-corrected chi connectivity index (χ0v) is 16.5. The summed E-state index contributed by atoms with van der Waals surface area (Å²) in [7, 11) is 0. The lowest BCUT2D eigenvalue weighted by atomic mass is 10.1. The number of thiophene rings is 1. The van der Waals surface area contributed by atoms with Gasteiger partial charge in [-0.15, -0.1) is 12.4 Å². The Morgan fingerprint density at radius 1 is 1.15 bits per heavy atom. The Balaban J connectivity index is 0.00000261. The molecule has 0 aliphatic rings. The summed E-state index contributed by atoms with van der Waals surface area (Å²) in [4.78, 5) is 18.7. The van der Waals surface area contributed by atoms with Gasteiger partial charge in [0, 0.05) is 43.4 Å². The normalized spacial score (nSPS) is 10.4. The first kappa shape index (κ1) is 21.1. The Morgan fingerprint density at radius 3 is 2.67 bits per heavy atom. The molecule has 3 rings (SSSR count). The second kappa shape index (κ2) is 10.8. The number of hydrogen-bond donors (Lipinski definition) is 1. The summed E-state index contributed by atoms with van der Waals surface area (Å²) in [6, 6.07) is 12.1. The van der Waals surface area contributed by atoms with Crippen molar-refractivity contribution < 1.29 is 9.32 Å². The molecule has 0 aliphatic carbocycles. The van der Waals surface area contributed by atoms with Crippen molar-refractivity contribution >= 4 is 29.7 Å². The lowest BCUT2D eigenvalue weighted by molar-refractivity contribution is -0.131. The van der Waals surface area contributed by atoms with Crippen molar-refractivity contribution in [2.24, 2.45) is 5.73 Å². The monoisotopic (exact) mass is 406 g/mol. The Hall–Kier alpha value is -2.22. The van der Waals surface area contributed by atoms with Crippen LogP contribution >= 0.6 is 23.7 Å². The molecule has 1 aromatic carbocycles. The number of carbonyl (C=O) groups excluding carboxylic acids is 1. The first-order valence-corrected chi connectivity index (χ1v) is 9.57. The number of carbonyl (C=O) groups is 1. The van der Waals surface area contributed by atoms with E-state index in [0.717, 1.165) is 12.0 Å². The molecule has 2 heterocycles. The van der Waals surface area contributed by atoms with Crippen molar-refractivity contribution in [2.75, 3.05) is 19.6 Å². The van der Waals surface area contributed by atoms with Gasteiger partial charge in [0.1, 0.15) is 0 Å². The molecule has 27 heavy (non-hydrogen) atoms. The fraction of sp³-hybridized carbons (Fsp3) is 0.316. The van der Waals surface area contributed by atoms with Gasteiger partial charge < -0.3 is 15.2 Å². The van der Waals surface area contributed by atoms with Gasteiger partial charge in [0.05, 0.1) is 0 Å². The predicted octanol–water partition coefficient (Wildman–Crippen LogP) is 3.18. The molecule has 0 saturated heterocycles. The highest BCUT2D eigenvalue weighted by molar-refractivity contribution is 7.08. The molecule has 3 aromatic rings. The highest BCUT2D eigenvalue weighted by atomic mass is 35.5. The summed E-state index contributed by atoms with van der Waals surface area (Å²) in [5.74, 6) is 1.11. The van der Waals surface area contributed by atoms with Crippen LogP contribution in [0, 0.1) is 0 Å². The quantitative estimate of drug-likeness (QED) is 0.589. The molecule has 0 saturated carbocycles. The van der Waals surface area contributed by atoms with E-state index in [-0.39, 0.29) is 18.3 Å². The molecule has 0 atom stereocenters. The predicted molar refractivity (Wildman–Crippen MR) is 109 cm³/mol. The minimum Gasteiger partial charge on any atom is -0.341 e. The summed E-state index contributed by atoms with van der Waals surface area (Å²) in [5.41, 5.74) is 7.81. The summed E-state index contributed by atoms with van der Waals surface area (Å²) in [6.07, 6.45) is 1.58. The minimum absolute atomic E-state index is 0. The van der Waals surface area contributed by atoms with Crippen LogP contribution in [0.25, 0.3) is 11.4 Å². The van der Waals surface area contributed by atoms with Crippen LogP contribution in [0.3, 0.4) is 0 Å². The topological polar surface area (TPSA) is 85.2 Å². The van der Waals surface area contributed by atoms with E-state index < -0.39 is 0 Å². The molecular formula is C19H23ClN4O2S. The lowest BCUT2D eigenvalue weighted by Gasteiger charge is -2.22. The van der Waals surface area contributed by atoms with E-state index in [0.29, 0.717) is 44.2 Å². The molecule has 0 bridgehead atoms. The first-order chi connectivity index (χ1) is 12.8. The van der Waals surface area contributed by atoms with Crippen LogP contribution in [0.15, 0.2) is 51.7 Å². The number of hydrogen-bond acceptors (Lipinski definition) is 6. The maximum Gasteiger partial charge on any atom is 0.227 e. The van der Waals surface area contributed by atoms with Gasteiger partial charge in [-0.05, 0) is 23.4 Å². The maximum atomic E-state index is 12.5. The summed E-state index contributed by atoms with van der Waals surface area (Å²) < 4.78 is 5.26. The number of nitrogens with two attached hydrogens (primary N) is 1. The van der Waals surface area contributed by atoms with Crippen molar-refractivity contribution in [3.05, 3.63) is 58.6 Å². The van der Waals surface area contributed by atoms with Crippen LogP contribution in [-0.4, -0.2) is 40.6 Å². The lowest BCUT2D eigenvalue weighted by Crippen LogP contribution is -2.37. The van der Waals surface area contributed by atoms with E-state index in [4.69, 9.17) is 10.3 Å². The molecule has 1 amide bonds. The second-order valence-corrected chi connectivity index (χ2v) is 6.71. The van der Waals surface area contributed by atoms with E-state index in [1.54, 1.807) is 11.3 Å². The fourth-order valence-corrected chi connectivity index (χ4v) is 3.30. The molecule has 0 unspecified atom stereocenters. The van der Waals surface area contributed by atoms with E-state index in [1.165, 1.54) is 5.56 Å². The number of amides is 1. The molecule has 0 spiro atoms. The number of halogens is 1. The van der Waals surface area contributed by atoms with Gasteiger partial charge in [0.15, 0.2) is 0 Å². The van der Waals surface area contributed by atoms with Crippen molar-refractivity contribution in [3.8, 4) is 11.4 Å². The van der Waals surface area contributed by atoms with Gasteiger partial charge in [0.2, 0.25) is 17.6 Å². The van der Waals surface area contributed by atoms with Crippen LogP contribution in [0.4, 0.5) is 0 Å². The van der Waals surface area contributed by atoms with E-state index in [1.807, 2.05) is 39.9 Å². The zero-order chi connectivity index (χ0) is 18.2. The number of aryl methyl sites for hydroxylation is 1. The van der Waals surface area contributed by atoms with E-state index in [2.05, 4.69) is 22.3 Å². The van der Waals surface area contributed by atoms with Gasteiger partial charge in [-0.3, -0.25) is 4.79 Å². The SMILES string of the molecule is Cl.NCCN(CCc1ccccc1)C(=O)CCc1nc(-c2ccsc2)no1. The summed E-state index contributed by atoms with van der Waals surface area (Å²) >= 11 is 1.58. The van der Waals surface area contributed by atoms with Crippen molar-refractivity contribution in [1.29, 1.82) is 0 Å².